The van der Waals surface area contributed by atoms with Crippen LogP contribution in [0, 0.1) is 19.7 Å². The van der Waals surface area contributed by atoms with Crippen LogP contribution in [0.2, 0.25) is 0 Å². The zero-order valence-electron chi connectivity index (χ0n) is 17.8. The average Bonchev–Trinajstić information content (AvgIpc) is 2.73. The molecule has 166 valence electrons. The van der Waals surface area contributed by atoms with Crippen molar-refractivity contribution in [2.24, 2.45) is 0 Å². The SMILES string of the molecule is Cc1ccc(C(=O)[C@@H](C)OC(=O)c2ccccc2NS(=O)(=O)c2ccc(F)cc2C)cc1. The Labute approximate surface area is 186 Å². The minimum absolute atomic E-state index is 0.0174. The highest BCUT2D eigenvalue weighted by molar-refractivity contribution is 7.92. The summed E-state index contributed by atoms with van der Waals surface area (Å²) in [5.74, 6) is -1.79. The Morgan fingerprint density at radius 1 is 0.969 bits per heavy atom. The van der Waals surface area contributed by atoms with E-state index < -0.39 is 27.9 Å². The normalized spacial score (nSPS) is 12.1. The highest BCUT2D eigenvalue weighted by Gasteiger charge is 2.24. The molecule has 0 heterocycles. The van der Waals surface area contributed by atoms with Gasteiger partial charge in [-0.2, -0.15) is 0 Å². The fourth-order valence-corrected chi connectivity index (χ4v) is 4.40. The lowest BCUT2D eigenvalue weighted by Crippen LogP contribution is -2.25. The quantitative estimate of drug-likeness (QED) is 0.413. The summed E-state index contributed by atoms with van der Waals surface area (Å²) in [5, 5.41) is 0. The third-order valence-corrected chi connectivity index (χ3v) is 6.33. The summed E-state index contributed by atoms with van der Waals surface area (Å²) in [6, 6.07) is 16.0. The second kappa shape index (κ2) is 9.32. The van der Waals surface area contributed by atoms with Gasteiger partial charge >= 0.3 is 5.97 Å². The number of hydrogen-bond donors (Lipinski definition) is 1. The Balaban J connectivity index is 1.82. The Morgan fingerprint density at radius 3 is 2.28 bits per heavy atom. The minimum atomic E-state index is -4.10. The van der Waals surface area contributed by atoms with E-state index in [0.717, 1.165) is 23.8 Å². The van der Waals surface area contributed by atoms with Gasteiger partial charge in [0.25, 0.3) is 10.0 Å². The number of nitrogens with one attached hydrogen (secondary N) is 1. The molecule has 8 heteroatoms. The highest BCUT2D eigenvalue weighted by atomic mass is 32.2. The van der Waals surface area contributed by atoms with Crippen LogP contribution < -0.4 is 4.72 Å². The molecule has 1 N–H and O–H groups in total. The third-order valence-electron chi connectivity index (χ3n) is 4.81. The molecular weight excluding hydrogens is 433 g/mol. The summed E-state index contributed by atoms with van der Waals surface area (Å²) < 4.78 is 46.6. The van der Waals surface area contributed by atoms with Crippen LogP contribution >= 0.6 is 0 Å². The molecule has 3 aromatic rings. The fourth-order valence-electron chi connectivity index (χ4n) is 3.09. The smallest absolute Gasteiger partial charge is 0.340 e. The number of anilines is 1. The predicted molar refractivity (Wildman–Crippen MR) is 119 cm³/mol. The van der Waals surface area contributed by atoms with Crippen LogP contribution in [0.5, 0.6) is 0 Å². The minimum Gasteiger partial charge on any atom is -0.451 e. The van der Waals surface area contributed by atoms with E-state index in [2.05, 4.69) is 4.72 Å². The number of para-hydroxylation sites is 1. The predicted octanol–water partition coefficient (Wildman–Crippen LogP) is 4.67. The van der Waals surface area contributed by atoms with Crippen LogP contribution in [0.3, 0.4) is 0 Å². The molecule has 0 aliphatic heterocycles. The molecule has 0 saturated heterocycles. The summed E-state index contributed by atoms with van der Waals surface area (Å²) in [5.41, 5.74) is 1.53. The Hall–Kier alpha value is -3.52. The standard InChI is InChI=1S/C24H22FNO5S/c1-15-8-10-18(11-9-15)23(27)17(3)31-24(28)20-6-4-5-7-21(20)26-32(29,30)22-13-12-19(25)14-16(22)2/h4-14,17,26H,1-3H3/t17-/m1/s1. The van der Waals surface area contributed by atoms with Gasteiger partial charge in [-0.25, -0.2) is 17.6 Å². The number of ether oxygens (including phenoxy) is 1. The van der Waals surface area contributed by atoms with Gasteiger partial charge in [0.1, 0.15) is 5.82 Å². The van der Waals surface area contributed by atoms with Gasteiger partial charge in [-0.15, -0.1) is 0 Å². The molecule has 3 aromatic carbocycles. The van der Waals surface area contributed by atoms with Gasteiger partial charge in [-0.1, -0.05) is 42.0 Å². The second-order valence-electron chi connectivity index (χ2n) is 7.34. The van der Waals surface area contributed by atoms with Crippen LogP contribution in [0.4, 0.5) is 10.1 Å². The topological polar surface area (TPSA) is 89.5 Å². The molecule has 0 fully saturated rings. The summed E-state index contributed by atoms with van der Waals surface area (Å²) >= 11 is 0. The largest absolute Gasteiger partial charge is 0.451 e. The number of esters is 1. The van der Waals surface area contributed by atoms with Gasteiger partial charge < -0.3 is 4.74 Å². The molecule has 0 bridgehead atoms. The Kier molecular flexibility index (Phi) is 6.74. The van der Waals surface area contributed by atoms with Gasteiger partial charge in [0.2, 0.25) is 5.78 Å². The molecule has 0 aliphatic rings. The fraction of sp³-hybridized carbons (Fsp3) is 0.167. The van der Waals surface area contributed by atoms with Crippen LogP contribution in [-0.2, 0) is 14.8 Å². The number of benzene rings is 3. The molecule has 32 heavy (non-hydrogen) atoms. The molecular formula is C24H22FNO5S. The zero-order chi connectivity index (χ0) is 23.5. The number of aryl methyl sites for hydroxylation is 2. The number of hydrogen-bond acceptors (Lipinski definition) is 5. The first-order valence-electron chi connectivity index (χ1n) is 9.78. The second-order valence-corrected chi connectivity index (χ2v) is 8.99. The van der Waals surface area contributed by atoms with Crippen molar-refractivity contribution in [3.63, 3.8) is 0 Å². The molecule has 0 aromatic heterocycles. The van der Waals surface area contributed by atoms with Gasteiger partial charge in [-0.05, 0) is 56.7 Å². The Bertz CT molecular complexity index is 1270. The van der Waals surface area contributed by atoms with Crippen molar-refractivity contribution in [3.05, 3.63) is 94.8 Å². The number of sulfonamides is 1. The van der Waals surface area contributed by atoms with Crippen LogP contribution in [0.1, 0.15) is 38.8 Å². The zero-order valence-corrected chi connectivity index (χ0v) is 18.6. The first-order valence-corrected chi connectivity index (χ1v) is 11.3. The maximum absolute atomic E-state index is 13.4. The van der Waals surface area contributed by atoms with Crippen molar-refractivity contribution in [3.8, 4) is 0 Å². The van der Waals surface area contributed by atoms with Gasteiger partial charge in [0.15, 0.2) is 6.10 Å². The van der Waals surface area contributed by atoms with Crippen LogP contribution in [-0.4, -0.2) is 26.3 Å². The summed E-state index contributed by atoms with van der Waals surface area (Å²) in [6.07, 6.45) is -1.07. The van der Waals surface area contributed by atoms with Crippen molar-refractivity contribution >= 4 is 27.5 Å². The van der Waals surface area contributed by atoms with Gasteiger partial charge in [0, 0.05) is 5.56 Å². The average molecular weight is 456 g/mol. The number of carbonyl (C=O) groups excluding carboxylic acids is 2. The molecule has 0 amide bonds. The van der Waals surface area contributed by atoms with Gasteiger partial charge in [-0.3, -0.25) is 9.52 Å². The number of ketones is 1. The maximum atomic E-state index is 13.4. The van der Waals surface area contributed by atoms with E-state index in [0.29, 0.717) is 5.56 Å². The van der Waals surface area contributed by atoms with Crippen molar-refractivity contribution in [1.82, 2.24) is 0 Å². The summed E-state index contributed by atoms with van der Waals surface area (Å²) in [7, 11) is -4.10. The molecule has 6 nitrogen and oxygen atoms in total. The first kappa shape index (κ1) is 23.1. The third kappa shape index (κ3) is 5.20. The van der Waals surface area contributed by atoms with Crippen LogP contribution in [0.25, 0.3) is 0 Å². The number of carbonyl (C=O) groups is 2. The van der Waals surface area contributed by atoms with E-state index in [-0.39, 0.29) is 27.5 Å². The molecule has 3 rings (SSSR count). The Morgan fingerprint density at radius 2 is 1.62 bits per heavy atom. The molecule has 0 radical (unpaired) electrons. The van der Waals surface area contributed by atoms with Crippen molar-refractivity contribution < 1.29 is 27.1 Å². The van der Waals surface area contributed by atoms with E-state index >= 15 is 0 Å². The highest BCUT2D eigenvalue weighted by Crippen LogP contribution is 2.24. The lowest BCUT2D eigenvalue weighted by Gasteiger charge is -2.16. The monoisotopic (exact) mass is 455 g/mol. The van der Waals surface area contributed by atoms with E-state index in [1.807, 2.05) is 6.92 Å². The molecule has 0 unspecified atom stereocenters. The van der Waals surface area contributed by atoms with E-state index in [1.54, 1.807) is 36.4 Å². The van der Waals surface area contributed by atoms with Crippen molar-refractivity contribution in [2.75, 3.05) is 4.72 Å². The van der Waals surface area contributed by atoms with E-state index in [9.17, 15) is 22.4 Å². The molecule has 1 atom stereocenters. The van der Waals surface area contributed by atoms with E-state index in [4.69, 9.17) is 4.74 Å². The molecule has 0 spiro atoms. The van der Waals surface area contributed by atoms with E-state index in [1.165, 1.54) is 26.0 Å². The first-order chi connectivity index (χ1) is 15.1. The summed E-state index contributed by atoms with van der Waals surface area (Å²) in [6.45, 7) is 4.81. The van der Waals surface area contributed by atoms with Crippen molar-refractivity contribution in [1.29, 1.82) is 0 Å². The number of rotatable bonds is 7. The number of halogens is 1. The number of Topliss-reactive ketones (excluding diaryl/α,β-unsaturated/α-hetero) is 1. The molecule has 0 aliphatic carbocycles. The lowest BCUT2D eigenvalue weighted by atomic mass is 10.1. The van der Waals surface area contributed by atoms with Gasteiger partial charge in [0.05, 0.1) is 16.1 Å². The summed E-state index contributed by atoms with van der Waals surface area (Å²) in [4.78, 5) is 25.2. The van der Waals surface area contributed by atoms with Crippen molar-refractivity contribution in [2.45, 2.75) is 31.8 Å². The lowest BCUT2D eigenvalue weighted by molar-refractivity contribution is 0.0320. The molecule has 0 saturated carbocycles. The van der Waals surface area contributed by atoms with Crippen LogP contribution in [0.15, 0.2) is 71.6 Å². The maximum Gasteiger partial charge on any atom is 0.340 e.